The fraction of sp³-hybridized carbons (Fsp3) is 0.0625. The van der Waals surface area contributed by atoms with Gasteiger partial charge in [-0.15, -0.1) is 0 Å². The number of ether oxygens (including phenoxy) is 2. The predicted molar refractivity (Wildman–Crippen MR) is 143 cm³/mol. The Morgan fingerprint density at radius 3 is 1.85 bits per heavy atom. The molecule has 164 valence electrons. The molecule has 0 saturated heterocycles. The molecule has 0 radical (unpaired) electrons. The first-order valence-electron chi connectivity index (χ1n) is 11.4. The van der Waals surface area contributed by atoms with Crippen LogP contribution >= 0.6 is 0 Å². The third kappa shape index (κ3) is 3.27. The second kappa shape index (κ2) is 8.24. The normalized spacial score (nSPS) is 11.2. The lowest BCUT2D eigenvalue weighted by molar-refractivity contribution is 0.415. The van der Waals surface area contributed by atoms with Gasteiger partial charge >= 0.3 is 0 Å². The van der Waals surface area contributed by atoms with Crippen molar-refractivity contribution < 1.29 is 9.47 Å². The topological polar surface area (TPSA) is 18.5 Å². The fourth-order valence-electron chi connectivity index (χ4n) is 5.00. The Morgan fingerprint density at radius 2 is 1.06 bits per heavy atom. The average molecular weight is 441 g/mol. The minimum atomic E-state index is 0.877. The molecule has 6 aromatic carbocycles. The molecule has 6 aromatic rings. The van der Waals surface area contributed by atoms with Gasteiger partial charge in [-0.3, -0.25) is 0 Å². The first kappa shape index (κ1) is 20.3. The van der Waals surface area contributed by atoms with Crippen molar-refractivity contribution in [2.24, 2.45) is 0 Å². The first-order valence-corrected chi connectivity index (χ1v) is 11.4. The summed E-state index contributed by atoms with van der Waals surface area (Å²) in [5, 5.41) is 7.18. The molecule has 34 heavy (non-hydrogen) atoms. The highest BCUT2D eigenvalue weighted by molar-refractivity contribution is 6.10. The predicted octanol–water partition coefficient (Wildman–Crippen LogP) is 8.50. The molecular weight excluding hydrogens is 416 g/mol. The van der Waals surface area contributed by atoms with Gasteiger partial charge in [0.05, 0.1) is 14.2 Å². The monoisotopic (exact) mass is 440 g/mol. The maximum absolute atomic E-state index is 5.62. The van der Waals surface area contributed by atoms with Gasteiger partial charge in [-0.2, -0.15) is 0 Å². The van der Waals surface area contributed by atoms with Crippen molar-refractivity contribution in [2.75, 3.05) is 14.2 Å². The van der Waals surface area contributed by atoms with Gasteiger partial charge in [0.2, 0.25) is 0 Å². The van der Waals surface area contributed by atoms with Crippen molar-refractivity contribution in [3.63, 3.8) is 0 Å². The molecule has 0 aliphatic carbocycles. The molecule has 0 unspecified atom stereocenters. The van der Waals surface area contributed by atoms with Crippen molar-refractivity contribution in [2.45, 2.75) is 0 Å². The van der Waals surface area contributed by atoms with Crippen LogP contribution in [0.5, 0.6) is 11.5 Å². The van der Waals surface area contributed by atoms with Crippen LogP contribution in [0.4, 0.5) is 0 Å². The summed E-state index contributed by atoms with van der Waals surface area (Å²) in [7, 11) is 3.43. The van der Waals surface area contributed by atoms with E-state index in [0.29, 0.717) is 0 Å². The Bertz CT molecular complexity index is 1680. The summed E-state index contributed by atoms with van der Waals surface area (Å²) in [6, 6.07) is 38.7. The fourth-order valence-corrected chi connectivity index (χ4v) is 5.00. The number of rotatable bonds is 4. The largest absolute Gasteiger partial charge is 0.497 e. The van der Waals surface area contributed by atoms with Crippen LogP contribution in [-0.4, -0.2) is 14.2 Å². The second-order valence-corrected chi connectivity index (χ2v) is 8.50. The zero-order valence-corrected chi connectivity index (χ0v) is 19.2. The van der Waals surface area contributed by atoms with Gasteiger partial charge in [0.25, 0.3) is 0 Å². The first-order chi connectivity index (χ1) is 16.8. The summed E-state index contributed by atoms with van der Waals surface area (Å²) in [6.45, 7) is 0. The molecular formula is C32H24O2. The van der Waals surface area contributed by atoms with E-state index in [4.69, 9.17) is 9.47 Å². The average Bonchev–Trinajstić information content (AvgIpc) is 2.91. The lowest BCUT2D eigenvalue weighted by Crippen LogP contribution is -1.89. The van der Waals surface area contributed by atoms with Crippen LogP contribution in [0.1, 0.15) is 0 Å². The lowest BCUT2D eigenvalue weighted by atomic mass is 9.90. The van der Waals surface area contributed by atoms with Crippen LogP contribution < -0.4 is 9.47 Å². The Labute approximate surface area is 199 Å². The van der Waals surface area contributed by atoms with E-state index in [1.807, 2.05) is 6.07 Å². The maximum Gasteiger partial charge on any atom is 0.126 e. The number of methoxy groups -OCH3 is 2. The van der Waals surface area contributed by atoms with Crippen molar-refractivity contribution in [1.82, 2.24) is 0 Å². The minimum Gasteiger partial charge on any atom is -0.497 e. The third-order valence-corrected chi connectivity index (χ3v) is 6.67. The van der Waals surface area contributed by atoms with E-state index in [0.717, 1.165) is 16.9 Å². The summed E-state index contributed by atoms with van der Waals surface area (Å²) in [6.07, 6.45) is 0. The maximum atomic E-state index is 5.62. The molecule has 0 heterocycles. The van der Waals surface area contributed by atoms with Crippen molar-refractivity contribution in [3.8, 4) is 33.8 Å². The van der Waals surface area contributed by atoms with Crippen LogP contribution in [0.2, 0.25) is 0 Å². The highest BCUT2D eigenvalue weighted by atomic mass is 16.5. The highest BCUT2D eigenvalue weighted by Gasteiger charge is 2.13. The molecule has 2 heteroatoms. The highest BCUT2D eigenvalue weighted by Crippen LogP contribution is 2.40. The molecule has 2 nitrogen and oxygen atoms in total. The molecule has 6 rings (SSSR count). The van der Waals surface area contributed by atoms with Crippen LogP contribution in [0.15, 0.2) is 109 Å². The van der Waals surface area contributed by atoms with E-state index in [9.17, 15) is 0 Å². The Kier molecular flexibility index (Phi) is 4.92. The molecule has 0 amide bonds. The van der Waals surface area contributed by atoms with E-state index >= 15 is 0 Å². The molecule has 0 N–H and O–H groups in total. The molecule has 0 saturated carbocycles. The van der Waals surface area contributed by atoms with Crippen molar-refractivity contribution >= 4 is 32.3 Å². The van der Waals surface area contributed by atoms with Crippen LogP contribution in [0, 0.1) is 0 Å². The number of benzene rings is 6. The molecule has 0 aliphatic heterocycles. The van der Waals surface area contributed by atoms with Gasteiger partial charge in [0.1, 0.15) is 11.5 Å². The Morgan fingerprint density at radius 1 is 0.441 bits per heavy atom. The Balaban J connectivity index is 1.56. The van der Waals surface area contributed by atoms with Crippen molar-refractivity contribution in [1.29, 1.82) is 0 Å². The quantitative estimate of drug-likeness (QED) is 0.274. The standard InChI is InChI=1S/C32H24O2/c1-33-24-16-15-21-19-23(14-13-22(21)20-24)25-9-5-11-27-26(25)10-6-12-28(27)30-17-18-32(34-2)31-8-4-3-7-29(30)31/h3-20H,1-2H3. The third-order valence-electron chi connectivity index (χ3n) is 6.67. The van der Waals surface area contributed by atoms with E-state index in [2.05, 4.69) is 103 Å². The van der Waals surface area contributed by atoms with Gasteiger partial charge in [-0.05, 0) is 73.5 Å². The summed E-state index contributed by atoms with van der Waals surface area (Å²) in [5.41, 5.74) is 4.88. The minimum absolute atomic E-state index is 0.877. The molecule has 0 aliphatic rings. The Hall–Kier alpha value is -4.30. The van der Waals surface area contributed by atoms with Gasteiger partial charge in [-0.1, -0.05) is 84.9 Å². The molecule has 0 bridgehead atoms. The molecule has 0 aromatic heterocycles. The number of hydrogen-bond acceptors (Lipinski definition) is 2. The lowest BCUT2D eigenvalue weighted by Gasteiger charge is -2.15. The van der Waals surface area contributed by atoms with E-state index in [-0.39, 0.29) is 0 Å². The smallest absolute Gasteiger partial charge is 0.126 e. The molecule has 0 spiro atoms. The van der Waals surface area contributed by atoms with E-state index in [1.54, 1.807) is 14.2 Å². The van der Waals surface area contributed by atoms with Gasteiger partial charge in [-0.25, -0.2) is 0 Å². The SMILES string of the molecule is COc1ccc2cc(-c3cccc4c(-c5ccc(OC)c6ccccc56)cccc34)ccc2c1. The summed E-state index contributed by atoms with van der Waals surface area (Å²) in [4.78, 5) is 0. The number of fused-ring (bicyclic) bond motifs is 3. The zero-order valence-electron chi connectivity index (χ0n) is 19.2. The van der Waals surface area contributed by atoms with Crippen LogP contribution in [-0.2, 0) is 0 Å². The van der Waals surface area contributed by atoms with Crippen LogP contribution in [0.3, 0.4) is 0 Å². The molecule has 0 fully saturated rings. The zero-order chi connectivity index (χ0) is 23.1. The van der Waals surface area contributed by atoms with Crippen LogP contribution in [0.25, 0.3) is 54.6 Å². The molecule has 0 atom stereocenters. The summed E-state index contributed by atoms with van der Waals surface area (Å²) >= 11 is 0. The van der Waals surface area contributed by atoms with Gasteiger partial charge in [0, 0.05) is 5.39 Å². The van der Waals surface area contributed by atoms with Crippen molar-refractivity contribution in [3.05, 3.63) is 109 Å². The van der Waals surface area contributed by atoms with Gasteiger partial charge in [0.15, 0.2) is 0 Å². The second-order valence-electron chi connectivity index (χ2n) is 8.50. The van der Waals surface area contributed by atoms with E-state index in [1.165, 1.54) is 49.2 Å². The summed E-state index contributed by atoms with van der Waals surface area (Å²) in [5.74, 6) is 1.77. The summed E-state index contributed by atoms with van der Waals surface area (Å²) < 4.78 is 11.0. The number of hydrogen-bond donors (Lipinski definition) is 0. The van der Waals surface area contributed by atoms with Gasteiger partial charge < -0.3 is 9.47 Å². The van der Waals surface area contributed by atoms with E-state index < -0.39 is 0 Å².